The van der Waals surface area contributed by atoms with E-state index in [2.05, 4.69) is 10.2 Å². The van der Waals surface area contributed by atoms with E-state index in [0.29, 0.717) is 21.5 Å². The molecular weight excluding hydrogens is 375 g/mol. The maximum Gasteiger partial charge on any atom is 0.265 e. The van der Waals surface area contributed by atoms with Gasteiger partial charge in [-0.3, -0.25) is 4.79 Å². The number of morpholine rings is 1. The molecule has 0 saturated carbocycles. The van der Waals surface area contributed by atoms with E-state index in [9.17, 15) is 4.79 Å². The third-order valence-corrected chi connectivity index (χ3v) is 4.61. The first-order valence-corrected chi connectivity index (χ1v) is 9.14. The van der Waals surface area contributed by atoms with Gasteiger partial charge in [0.05, 0.1) is 18.2 Å². The van der Waals surface area contributed by atoms with Gasteiger partial charge >= 0.3 is 0 Å². The molecule has 1 fully saturated rings. The normalized spacial score (nSPS) is 15.4. The monoisotopic (exact) mass is 394 g/mol. The molecule has 1 amide bonds. The van der Waals surface area contributed by atoms with E-state index < -0.39 is 6.10 Å². The first-order chi connectivity index (χ1) is 12.5. The molecule has 1 saturated heterocycles. The fraction of sp³-hybridized carbons (Fsp3) is 0.316. The molecule has 2 aromatic carbocycles. The van der Waals surface area contributed by atoms with Crippen LogP contribution in [0.25, 0.3) is 0 Å². The largest absolute Gasteiger partial charge is 0.479 e. The predicted molar refractivity (Wildman–Crippen MR) is 105 cm³/mol. The van der Waals surface area contributed by atoms with Crippen molar-refractivity contribution >= 4 is 40.5 Å². The van der Waals surface area contributed by atoms with E-state index in [1.807, 2.05) is 24.3 Å². The second kappa shape index (κ2) is 8.62. The van der Waals surface area contributed by atoms with Crippen LogP contribution in [0.3, 0.4) is 0 Å². The SMILES string of the molecule is C[C@H](Oc1ccc(Cl)cc1Cl)C(=O)Nc1ccc(N2CCOCC2)cc1. The Balaban J connectivity index is 1.58. The summed E-state index contributed by atoms with van der Waals surface area (Å²) < 4.78 is 11.0. The first-order valence-electron chi connectivity index (χ1n) is 8.38. The molecule has 26 heavy (non-hydrogen) atoms. The lowest BCUT2D eigenvalue weighted by Gasteiger charge is -2.29. The number of carbonyl (C=O) groups is 1. The minimum Gasteiger partial charge on any atom is -0.479 e. The molecule has 1 aliphatic heterocycles. The van der Waals surface area contributed by atoms with Crippen LogP contribution in [0.5, 0.6) is 5.75 Å². The molecule has 0 aliphatic carbocycles. The summed E-state index contributed by atoms with van der Waals surface area (Å²) in [6, 6.07) is 12.6. The van der Waals surface area contributed by atoms with Crippen LogP contribution in [-0.4, -0.2) is 38.3 Å². The lowest BCUT2D eigenvalue weighted by molar-refractivity contribution is -0.122. The number of amides is 1. The lowest BCUT2D eigenvalue weighted by Crippen LogP contribution is -2.36. The molecular formula is C19H20Cl2N2O3. The zero-order valence-electron chi connectivity index (χ0n) is 14.4. The molecule has 0 bridgehead atoms. The molecule has 0 radical (unpaired) electrons. The van der Waals surface area contributed by atoms with Crippen LogP contribution in [-0.2, 0) is 9.53 Å². The summed E-state index contributed by atoms with van der Waals surface area (Å²) in [5.74, 6) is 0.163. The highest BCUT2D eigenvalue weighted by Gasteiger charge is 2.17. The Kier molecular flexibility index (Phi) is 6.25. The zero-order chi connectivity index (χ0) is 18.5. The summed E-state index contributed by atoms with van der Waals surface area (Å²) in [6.07, 6.45) is -0.701. The van der Waals surface area contributed by atoms with Gasteiger partial charge in [0.1, 0.15) is 5.75 Å². The molecule has 5 nitrogen and oxygen atoms in total. The summed E-state index contributed by atoms with van der Waals surface area (Å²) in [5.41, 5.74) is 1.83. The van der Waals surface area contributed by atoms with Gasteiger partial charge in [-0.2, -0.15) is 0 Å². The number of hydrogen-bond acceptors (Lipinski definition) is 4. The Labute approximate surface area is 162 Å². The summed E-state index contributed by atoms with van der Waals surface area (Å²) in [7, 11) is 0. The smallest absolute Gasteiger partial charge is 0.265 e. The van der Waals surface area contributed by atoms with Crippen LogP contribution in [0.1, 0.15) is 6.92 Å². The predicted octanol–water partition coefficient (Wildman–Crippen LogP) is 4.24. The van der Waals surface area contributed by atoms with Crippen molar-refractivity contribution in [1.82, 2.24) is 0 Å². The van der Waals surface area contributed by atoms with E-state index in [4.69, 9.17) is 32.7 Å². The molecule has 0 aromatic heterocycles. The summed E-state index contributed by atoms with van der Waals surface area (Å²) >= 11 is 11.9. The molecule has 0 unspecified atom stereocenters. The summed E-state index contributed by atoms with van der Waals surface area (Å²) in [5, 5.41) is 3.73. The summed E-state index contributed by atoms with van der Waals surface area (Å²) in [4.78, 5) is 14.6. The standard InChI is InChI=1S/C19H20Cl2N2O3/c1-13(26-18-7-2-14(20)12-17(18)21)19(24)22-15-3-5-16(6-4-15)23-8-10-25-11-9-23/h2-7,12-13H,8-11H2,1H3,(H,22,24)/t13-/m0/s1. The third kappa shape index (κ3) is 4.81. The van der Waals surface area contributed by atoms with Gasteiger partial charge in [0.15, 0.2) is 6.10 Å². The van der Waals surface area contributed by atoms with Crippen LogP contribution < -0.4 is 15.0 Å². The minimum atomic E-state index is -0.701. The van der Waals surface area contributed by atoms with Crippen LogP contribution >= 0.6 is 23.2 Å². The topological polar surface area (TPSA) is 50.8 Å². The maximum atomic E-state index is 12.3. The van der Waals surface area contributed by atoms with Crippen molar-refractivity contribution in [2.75, 3.05) is 36.5 Å². The second-order valence-electron chi connectivity index (χ2n) is 5.97. The van der Waals surface area contributed by atoms with Gasteiger partial charge in [0, 0.05) is 29.5 Å². The highest BCUT2D eigenvalue weighted by Crippen LogP contribution is 2.28. The van der Waals surface area contributed by atoms with Crippen LogP contribution in [0.4, 0.5) is 11.4 Å². The van der Waals surface area contributed by atoms with E-state index in [1.165, 1.54) is 0 Å². The number of nitrogens with zero attached hydrogens (tertiary/aromatic N) is 1. The molecule has 1 atom stereocenters. The number of carbonyl (C=O) groups excluding carboxylic acids is 1. The maximum absolute atomic E-state index is 12.3. The van der Waals surface area contributed by atoms with Gasteiger partial charge in [-0.25, -0.2) is 0 Å². The number of hydrogen-bond donors (Lipinski definition) is 1. The molecule has 1 heterocycles. The molecule has 1 aliphatic rings. The molecule has 0 spiro atoms. The highest BCUT2D eigenvalue weighted by atomic mass is 35.5. The number of nitrogens with one attached hydrogen (secondary N) is 1. The average Bonchev–Trinajstić information content (AvgIpc) is 2.65. The van der Waals surface area contributed by atoms with Gasteiger partial charge in [-0.05, 0) is 49.4 Å². The minimum absolute atomic E-state index is 0.255. The Morgan fingerprint density at radius 2 is 1.85 bits per heavy atom. The van der Waals surface area contributed by atoms with E-state index in [-0.39, 0.29) is 5.91 Å². The first kappa shape index (κ1) is 18.8. The number of ether oxygens (including phenoxy) is 2. The average molecular weight is 395 g/mol. The Morgan fingerprint density at radius 3 is 2.50 bits per heavy atom. The van der Waals surface area contributed by atoms with Crippen molar-refractivity contribution in [3.05, 3.63) is 52.5 Å². The number of anilines is 2. The second-order valence-corrected chi connectivity index (χ2v) is 6.81. The van der Waals surface area contributed by atoms with Gasteiger partial charge in [0.2, 0.25) is 0 Å². The van der Waals surface area contributed by atoms with E-state index >= 15 is 0 Å². The van der Waals surface area contributed by atoms with Gasteiger partial charge in [-0.15, -0.1) is 0 Å². The van der Waals surface area contributed by atoms with Crippen molar-refractivity contribution in [3.8, 4) is 5.75 Å². The fourth-order valence-electron chi connectivity index (χ4n) is 2.64. The van der Waals surface area contributed by atoms with E-state index in [0.717, 1.165) is 32.0 Å². The van der Waals surface area contributed by atoms with Crippen molar-refractivity contribution in [3.63, 3.8) is 0 Å². The van der Waals surface area contributed by atoms with Crippen molar-refractivity contribution in [2.45, 2.75) is 13.0 Å². The van der Waals surface area contributed by atoms with Gasteiger partial charge < -0.3 is 19.7 Å². The summed E-state index contributed by atoms with van der Waals surface area (Å²) in [6.45, 7) is 4.89. The highest BCUT2D eigenvalue weighted by molar-refractivity contribution is 6.35. The number of rotatable bonds is 5. The van der Waals surface area contributed by atoms with Crippen LogP contribution in [0, 0.1) is 0 Å². The molecule has 7 heteroatoms. The molecule has 138 valence electrons. The quantitative estimate of drug-likeness (QED) is 0.823. The Morgan fingerprint density at radius 1 is 1.15 bits per heavy atom. The molecule has 1 N–H and O–H groups in total. The zero-order valence-corrected chi connectivity index (χ0v) is 15.9. The van der Waals surface area contributed by atoms with Crippen molar-refractivity contribution in [2.24, 2.45) is 0 Å². The molecule has 3 rings (SSSR count). The number of benzene rings is 2. The van der Waals surface area contributed by atoms with Crippen LogP contribution in [0.2, 0.25) is 10.0 Å². The van der Waals surface area contributed by atoms with Crippen molar-refractivity contribution < 1.29 is 14.3 Å². The van der Waals surface area contributed by atoms with Gasteiger partial charge in [-0.1, -0.05) is 23.2 Å². The Hall–Kier alpha value is -1.95. The van der Waals surface area contributed by atoms with Crippen LogP contribution in [0.15, 0.2) is 42.5 Å². The Bertz CT molecular complexity index is 762. The lowest BCUT2D eigenvalue weighted by atomic mass is 10.2. The third-order valence-electron chi connectivity index (χ3n) is 4.08. The van der Waals surface area contributed by atoms with E-state index in [1.54, 1.807) is 25.1 Å². The molecule has 2 aromatic rings. The van der Waals surface area contributed by atoms with Crippen molar-refractivity contribution in [1.29, 1.82) is 0 Å². The number of halogens is 2. The van der Waals surface area contributed by atoms with Gasteiger partial charge in [0.25, 0.3) is 5.91 Å². The fourth-order valence-corrected chi connectivity index (χ4v) is 3.09.